The van der Waals surface area contributed by atoms with Gasteiger partial charge in [0.1, 0.15) is 5.76 Å². The molecule has 0 saturated heterocycles. The Kier molecular flexibility index (Phi) is 4.27. The van der Waals surface area contributed by atoms with E-state index in [0.717, 1.165) is 11.5 Å². The topological polar surface area (TPSA) is 42.2 Å². The van der Waals surface area contributed by atoms with E-state index in [1.54, 1.807) is 18.0 Å². The van der Waals surface area contributed by atoms with Crippen molar-refractivity contribution in [3.05, 3.63) is 24.2 Å². The van der Waals surface area contributed by atoms with Gasteiger partial charge in [-0.1, -0.05) is 0 Å². The van der Waals surface area contributed by atoms with Crippen molar-refractivity contribution in [3.8, 4) is 0 Å². The molecule has 84 valence electrons. The number of carbonyl (C=O) groups is 1. The minimum Gasteiger partial charge on any atom is -0.468 e. The van der Waals surface area contributed by atoms with Gasteiger partial charge in [0, 0.05) is 5.54 Å². The lowest BCUT2D eigenvalue weighted by atomic mass is 10.1. The van der Waals surface area contributed by atoms with Crippen LogP contribution in [0.2, 0.25) is 0 Å². The third kappa shape index (κ3) is 5.52. The van der Waals surface area contributed by atoms with Gasteiger partial charge in [-0.2, -0.15) is 0 Å². The van der Waals surface area contributed by atoms with Crippen LogP contribution in [0.5, 0.6) is 0 Å². The van der Waals surface area contributed by atoms with Crippen molar-refractivity contribution >= 4 is 17.7 Å². The predicted molar refractivity (Wildman–Crippen MR) is 62.8 cm³/mol. The summed E-state index contributed by atoms with van der Waals surface area (Å²) in [5.74, 6) is 2.19. The van der Waals surface area contributed by atoms with Crippen molar-refractivity contribution in [2.45, 2.75) is 32.1 Å². The molecule has 1 amide bonds. The van der Waals surface area contributed by atoms with Crippen LogP contribution < -0.4 is 5.32 Å². The lowest BCUT2D eigenvalue weighted by Gasteiger charge is -2.20. The fourth-order valence-corrected chi connectivity index (χ4v) is 1.82. The standard InChI is InChI=1S/C11H17NO2S/c1-11(2,3)12-10(13)8-15-7-9-5-4-6-14-9/h4-6H,7-8H2,1-3H3,(H,12,13). The van der Waals surface area contributed by atoms with Gasteiger partial charge in [-0.25, -0.2) is 0 Å². The molecule has 0 aliphatic carbocycles. The Labute approximate surface area is 94.6 Å². The number of carbonyl (C=O) groups excluding carboxylic acids is 1. The van der Waals surface area contributed by atoms with E-state index in [9.17, 15) is 4.79 Å². The van der Waals surface area contributed by atoms with Crippen molar-refractivity contribution in [2.24, 2.45) is 0 Å². The molecule has 1 aromatic rings. The third-order valence-corrected chi connectivity index (χ3v) is 2.53. The molecule has 0 spiro atoms. The van der Waals surface area contributed by atoms with Gasteiger partial charge in [-0.3, -0.25) is 4.79 Å². The highest BCUT2D eigenvalue weighted by molar-refractivity contribution is 7.99. The van der Waals surface area contributed by atoms with E-state index in [1.165, 1.54) is 0 Å². The largest absolute Gasteiger partial charge is 0.468 e. The molecule has 1 N–H and O–H groups in total. The zero-order valence-electron chi connectivity index (χ0n) is 9.37. The highest BCUT2D eigenvalue weighted by Gasteiger charge is 2.13. The quantitative estimate of drug-likeness (QED) is 0.859. The summed E-state index contributed by atoms with van der Waals surface area (Å²) in [7, 11) is 0. The molecule has 3 nitrogen and oxygen atoms in total. The predicted octanol–water partition coefficient (Wildman–Crippen LogP) is 2.43. The van der Waals surface area contributed by atoms with Crippen LogP contribution in [0.3, 0.4) is 0 Å². The summed E-state index contributed by atoms with van der Waals surface area (Å²) in [6.07, 6.45) is 1.64. The number of rotatable bonds is 4. The lowest BCUT2D eigenvalue weighted by Crippen LogP contribution is -2.41. The Morgan fingerprint density at radius 1 is 1.53 bits per heavy atom. The molecule has 0 aliphatic rings. The van der Waals surface area contributed by atoms with Crippen LogP contribution in [-0.4, -0.2) is 17.2 Å². The van der Waals surface area contributed by atoms with E-state index < -0.39 is 0 Å². The molecule has 1 rings (SSSR count). The number of hydrogen-bond donors (Lipinski definition) is 1. The van der Waals surface area contributed by atoms with Crippen LogP contribution in [0.15, 0.2) is 22.8 Å². The average Bonchev–Trinajstić information content (AvgIpc) is 2.53. The molecule has 0 aliphatic heterocycles. The molecule has 0 fully saturated rings. The average molecular weight is 227 g/mol. The second-order valence-electron chi connectivity index (χ2n) is 4.37. The van der Waals surface area contributed by atoms with Gasteiger partial charge >= 0.3 is 0 Å². The minimum atomic E-state index is -0.150. The molecule has 15 heavy (non-hydrogen) atoms. The Morgan fingerprint density at radius 3 is 2.80 bits per heavy atom. The molecular formula is C11H17NO2S. The fourth-order valence-electron chi connectivity index (χ4n) is 1.09. The maximum absolute atomic E-state index is 11.4. The highest BCUT2D eigenvalue weighted by atomic mass is 32.2. The molecule has 4 heteroatoms. The molecular weight excluding hydrogens is 210 g/mol. The molecule has 0 atom stereocenters. The Hall–Kier alpha value is -0.900. The van der Waals surface area contributed by atoms with Gasteiger partial charge < -0.3 is 9.73 Å². The van der Waals surface area contributed by atoms with Gasteiger partial charge in [-0.05, 0) is 32.9 Å². The van der Waals surface area contributed by atoms with E-state index in [2.05, 4.69) is 5.32 Å². The molecule has 0 saturated carbocycles. The Morgan fingerprint density at radius 2 is 2.27 bits per heavy atom. The van der Waals surface area contributed by atoms with Gasteiger partial charge in [0.15, 0.2) is 0 Å². The number of hydrogen-bond acceptors (Lipinski definition) is 3. The van der Waals surface area contributed by atoms with Crippen molar-refractivity contribution in [1.82, 2.24) is 5.32 Å². The zero-order chi connectivity index (χ0) is 11.3. The monoisotopic (exact) mass is 227 g/mol. The summed E-state index contributed by atoms with van der Waals surface area (Å²) >= 11 is 1.55. The second-order valence-corrected chi connectivity index (χ2v) is 5.36. The smallest absolute Gasteiger partial charge is 0.230 e. The minimum absolute atomic E-state index is 0.0686. The molecule has 0 radical (unpaired) electrons. The van der Waals surface area contributed by atoms with E-state index in [0.29, 0.717) is 5.75 Å². The second kappa shape index (κ2) is 5.26. The Balaban J connectivity index is 2.18. The molecule has 0 bridgehead atoms. The van der Waals surface area contributed by atoms with E-state index >= 15 is 0 Å². The number of furan rings is 1. The van der Waals surface area contributed by atoms with Crippen molar-refractivity contribution < 1.29 is 9.21 Å². The van der Waals surface area contributed by atoms with Gasteiger partial charge in [0.05, 0.1) is 17.8 Å². The van der Waals surface area contributed by atoms with Gasteiger partial charge in [0.2, 0.25) is 5.91 Å². The normalized spacial score (nSPS) is 11.4. The van der Waals surface area contributed by atoms with Crippen LogP contribution in [0.1, 0.15) is 26.5 Å². The number of thioether (sulfide) groups is 1. The molecule has 0 aromatic carbocycles. The van der Waals surface area contributed by atoms with Crippen LogP contribution in [0, 0.1) is 0 Å². The third-order valence-electron chi connectivity index (χ3n) is 1.57. The SMILES string of the molecule is CC(C)(C)NC(=O)CSCc1ccco1. The van der Waals surface area contributed by atoms with Crippen LogP contribution >= 0.6 is 11.8 Å². The van der Waals surface area contributed by atoms with E-state index in [1.807, 2.05) is 32.9 Å². The van der Waals surface area contributed by atoms with Gasteiger partial charge in [-0.15, -0.1) is 11.8 Å². The summed E-state index contributed by atoms with van der Waals surface area (Å²) < 4.78 is 5.16. The summed E-state index contributed by atoms with van der Waals surface area (Å²) in [6, 6.07) is 3.76. The summed E-state index contributed by atoms with van der Waals surface area (Å²) in [5.41, 5.74) is -0.150. The number of amides is 1. The maximum Gasteiger partial charge on any atom is 0.230 e. The molecule has 1 heterocycles. The first-order valence-corrected chi connectivity index (χ1v) is 6.04. The maximum atomic E-state index is 11.4. The summed E-state index contributed by atoms with van der Waals surface area (Å²) in [4.78, 5) is 11.4. The first-order chi connectivity index (χ1) is 6.97. The van der Waals surface area contributed by atoms with Crippen LogP contribution in [0.25, 0.3) is 0 Å². The summed E-state index contributed by atoms with van der Waals surface area (Å²) in [5, 5.41) is 2.91. The van der Waals surface area contributed by atoms with Crippen LogP contribution in [-0.2, 0) is 10.5 Å². The number of nitrogens with one attached hydrogen (secondary N) is 1. The Bertz CT molecular complexity index is 301. The molecule has 1 aromatic heterocycles. The van der Waals surface area contributed by atoms with E-state index in [4.69, 9.17) is 4.42 Å². The van der Waals surface area contributed by atoms with E-state index in [-0.39, 0.29) is 11.4 Å². The van der Waals surface area contributed by atoms with Crippen LogP contribution in [0.4, 0.5) is 0 Å². The van der Waals surface area contributed by atoms with Gasteiger partial charge in [0.25, 0.3) is 0 Å². The zero-order valence-corrected chi connectivity index (χ0v) is 10.2. The first kappa shape index (κ1) is 12.2. The fraction of sp³-hybridized carbons (Fsp3) is 0.545. The van der Waals surface area contributed by atoms with Crippen molar-refractivity contribution in [3.63, 3.8) is 0 Å². The van der Waals surface area contributed by atoms with Crippen molar-refractivity contribution in [1.29, 1.82) is 0 Å². The van der Waals surface area contributed by atoms with Crippen molar-refractivity contribution in [2.75, 3.05) is 5.75 Å². The highest BCUT2D eigenvalue weighted by Crippen LogP contribution is 2.12. The summed E-state index contributed by atoms with van der Waals surface area (Å²) in [6.45, 7) is 5.92. The molecule has 0 unspecified atom stereocenters. The lowest BCUT2D eigenvalue weighted by molar-refractivity contribution is -0.119. The first-order valence-electron chi connectivity index (χ1n) is 4.88.